The first-order valence-electron chi connectivity index (χ1n) is 21.0. The number of esters is 6. The fraction of sp³-hybridized carbons (Fsp3) is 0.857. The molecule has 0 saturated carbocycles. The molecule has 11 atom stereocenters. The second-order valence-electron chi connectivity index (χ2n) is 17.3. The number of rotatable bonds is 23. The summed E-state index contributed by atoms with van der Waals surface area (Å²) < 4.78 is 53.9. The standard InChI is InChI=1S/C42H70O17/c1-13-26(11)39(49)52-21-42(59-41-37(55-32(46)17-24(7)8)34(48)35(28(19-43)53-41)54-31(45)16-23(5)6)38(56-33(47)18-25(9)10)36(57-40(50)27(12)14-2)29(58-42)20-51-30(44)15-22(3)4/h22-29,34-38,41,43,48H,13-21H2,1-12H3/t26-,27-,28+,29+,34-,35+,36+,37+,38-,41+,42-/m0/s1. The number of aliphatic hydroxyl groups excluding tert-OH is 2. The van der Waals surface area contributed by atoms with Gasteiger partial charge in [-0.15, -0.1) is 0 Å². The summed E-state index contributed by atoms with van der Waals surface area (Å²) in [5, 5.41) is 22.3. The number of carbonyl (C=O) groups excluding carboxylic acids is 6. The molecular formula is C42H70O17. The summed E-state index contributed by atoms with van der Waals surface area (Å²) in [5.41, 5.74) is 0. The lowest BCUT2D eigenvalue weighted by Gasteiger charge is -2.45. The maximum Gasteiger partial charge on any atom is 0.309 e. The molecule has 2 fully saturated rings. The normalized spacial score (nSPS) is 28.0. The minimum absolute atomic E-state index is 0.0354. The highest BCUT2D eigenvalue weighted by Gasteiger charge is 2.65. The van der Waals surface area contributed by atoms with Crippen LogP contribution in [0.3, 0.4) is 0 Å². The van der Waals surface area contributed by atoms with Gasteiger partial charge in [0.05, 0.1) is 18.4 Å². The Morgan fingerprint density at radius 3 is 1.56 bits per heavy atom. The van der Waals surface area contributed by atoms with Gasteiger partial charge in [0.15, 0.2) is 24.4 Å². The van der Waals surface area contributed by atoms with E-state index < -0.39 is 122 Å². The highest BCUT2D eigenvalue weighted by molar-refractivity contribution is 5.74. The van der Waals surface area contributed by atoms with E-state index in [0.29, 0.717) is 12.8 Å². The zero-order valence-electron chi connectivity index (χ0n) is 37.0. The van der Waals surface area contributed by atoms with Crippen molar-refractivity contribution < 1.29 is 81.6 Å². The third-order valence-corrected chi connectivity index (χ3v) is 9.76. The Morgan fingerprint density at radius 2 is 1.07 bits per heavy atom. The van der Waals surface area contributed by atoms with Crippen molar-refractivity contribution >= 4 is 35.8 Å². The van der Waals surface area contributed by atoms with Crippen LogP contribution in [0.1, 0.15) is 122 Å². The second-order valence-corrected chi connectivity index (χ2v) is 17.3. The van der Waals surface area contributed by atoms with E-state index in [1.54, 1.807) is 69.2 Å². The van der Waals surface area contributed by atoms with E-state index in [9.17, 15) is 39.0 Å². The molecule has 2 rings (SSSR count). The van der Waals surface area contributed by atoms with Crippen molar-refractivity contribution in [2.24, 2.45) is 35.5 Å². The smallest absolute Gasteiger partial charge is 0.309 e. The third kappa shape index (κ3) is 15.9. The molecule has 2 heterocycles. The van der Waals surface area contributed by atoms with Gasteiger partial charge in [0.2, 0.25) is 12.1 Å². The molecule has 2 aliphatic heterocycles. The van der Waals surface area contributed by atoms with E-state index in [1.807, 2.05) is 13.8 Å². The van der Waals surface area contributed by atoms with Crippen molar-refractivity contribution in [3.8, 4) is 0 Å². The Labute approximate surface area is 348 Å². The highest BCUT2D eigenvalue weighted by Crippen LogP contribution is 2.42. The highest BCUT2D eigenvalue weighted by atomic mass is 16.8. The Bertz CT molecular complexity index is 1380. The van der Waals surface area contributed by atoms with Crippen LogP contribution in [0.5, 0.6) is 0 Å². The number of hydrogen-bond donors (Lipinski definition) is 2. The molecule has 17 nitrogen and oxygen atoms in total. The fourth-order valence-corrected chi connectivity index (χ4v) is 6.16. The Balaban J connectivity index is 2.87. The van der Waals surface area contributed by atoms with Gasteiger partial charge < -0.3 is 52.8 Å². The molecule has 0 unspecified atom stereocenters. The van der Waals surface area contributed by atoms with Crippen LogP contribution in [0.4, 0.5) is 0 Å². The van der Waals surface area contributed by atoms with E-state index in [0.717, 1.165) is 0 Å². The van der Waals surface area contributed by atoms with Crippen LogP contribution in [-0.2, 0) is 71.4 Å². The van der Waals surface area contributed by atoms with E-state index >= 15 is 0 Å². The lowest BCUT2D eigenvalue weighted by molar-refractivity contribution is -0.384. The van der Waals surface area contributed by atoms with E-state index in [-0.39, 0.29) is 49.4 Å². The summed E-state index contributed by atoms with van der Waals surface area (Å²) in [6.45, 7) is 18.8. The maximum absolute atomic E-state index is 13.6. The number of carbonyl (C=O) groups is 6. The molecule has 2 saturated heterocycles. The van der Waals surface area contributed by atoms with Crippen molar-refractivity contribution in [3.63, 3.8) is 0 Å². The molecule has 340 valence electrons. The predicted molar refractivity (Wildman–Crippen MR) is 209 cm³/mol. The van der Waals surface area contributed by atoms with Crippen LogP contribution in [0, 0.1) is 35.5 Å². The minimum Gasteiger partial charge on any atom is -0.463 e. The lowest BCUT2D eigenvalue weighted by Crippen LogP contribution is -2.65. The predicted octanol–water partition coefficient (Wildman–Crippen LogP) is 4.19. The van der Waals surface area contributed by atoms with Gasteiger partial charge >= 0.3 is 35.8 Å². The minimum atomic E-state index is -2.47. The molecule has 59 heavy (non-hydrogen) atoms. The van der Waals surface area contributed by atoms with Gasteiger partial charge in [0.25, 0.3) is 0 Å². The fourth-order valence-electron chi connectivity index (χ4n) is 6.16. The summed E-state index contributed by atoms with van der Waals surface area (Å²) in [6.07, 6.45) is -12.8. The SMILES string of the molecule is CC[C@H](C)C(=O)OC[C@@]1(O[C@H]2O[C@H](CO)[C@@H](OC(=O)CC(C)C)[C@H](O)[C@H]2OC(=O)CC(C)C)O[C@H](COC(=O)CC(C)C)[C@@H](OC(=O)[C@@H](C)CC)[C@@H]1OC(=O)CC(C)C. The molecule has 0 radical (unpaired) electrons. The molecule has 0 aromatic heterocycles. The Morgan fingerprint density at radius 1 is 0.593 bits per heavy atom. The summed E-state index contributed by atoms with van der Waals surface area (Å²) in [5.74, 6) is -8.67. The average molecular weight is 847 g/mol. The van der Waals surface area contributed by atoms with Gasteiger partial charge in [-0.05, 0) is 36.5 Å². The largest absolute Gasteiger partial charge is 0.463 e. The monoisotopic (exact) mass is 846 g/mol. The van der Waals surface area contributed by atoms with Gasteiger partial charge in [-0.1, -0.05) is 83.1 Å². The Hall–Kier alpha value is -3.38. The molecule has 0 aliphatic carbocycles. The molecule has 0 spiro atoms. The first-order chi connectivity index (χ1) is 27.6. The van der Waals surface area contributed by atoms with E-state index in [1.165, 1.54) is 0 Å². The molecule has 2 aliphatic rings. The first-order valence-corrected chi connectivity index (χ1v) is 21.0. The van der Waals surface area contributed by atoms with E-state index in [2.05, 4.69) is 0 Å². The summed E-state index contributed by atoms with van der Waals surface area (Å²) in [7, 11) is 0. The van der Waals surface area contributed by atoms with Crippen molar-refractivity contribution in [2.45, 2.75) is 176 Å². The van der Waals surface area contributed by atoms with Crippen LogP contribution >= 0.6 is 0 Å². The molecule has 17 heteroatoms. The number of aliphatic hydroxyl groups is 2. The topological polar surface area (TPSA) is 226 Å². The van der Waals surface area contributed by atoms with Crippen LogP contribution in [-0.4, -0.2) is 121 Å². The summed E-state index contributed by atoms with van der Waals surface area (Å²) in [4.78, 5) is 79.3. The second kappa shape index (κ2) is 24.2. The molecule has 0 aromatic carbocycles. The molecule has 0 aromatic rings. The van der Waals surface area contributed by atoms with Crippen LogP contribution in [0.15, 0.2) is 0 Å². The van der Waals surface area contributed by atoms with Crippen molar-refractivity contribution in [1.82, 2.24) is 0 Å². The Kier molecular flexibility index (Phi) is 21.2. The van der Waals surface area contributed by atoms with Crippen LogP contribution in [0.25, 0.3) is 0 Å². The van der Waals surface area contributed by atoms with Gasteiger partial charge in [-0.3, -0.25) is 28.8 Å². The first kappa shape index (κ1) is 51.8. The quantitative estimate of drug-likeness (QED) is 0.109. The van der Waals surface area contributed by atoms with Crippen LogP contribution < -0.4 is 0 Å². The van der Waals surface area contributed by atoms with Gasteiger partial charge in [0.1, 0.15) is 31.5 Å². The third-order valence-electron chi connectivity index (χ3n) is 9.76. The number of ether oxygens (including phenoxy) is 9. The molecular weight excluding hydrogens is 776 g/mol. The van der Waals surface area contributed by atoms with Crippen LogP contribution in [0.2, 0.25) is 0 Å². The average Bonchev–Trinajstić information content (AvgIpc) is 3.40. The lowest BCUT2D eigenvalue weighted by atomic mass is 9.97. The zero-order valence-corrected chi connectivity index (χ0v) is 37.0. The summed E-state index contributed by atoms with van der Waals surface area (Å²) in [6, 6.07) is 0. The van der Waals surface area contributed by atoms with Gasteiger partial charge in [0, 0.05) is 25.7 Å². The van der Waals surface area contributed by atoms with Gasteiger partial charge in [-0.2, -0.15) is 0 Å². The van der Waals surface area contributed by atoms with Crippen molar-refractivity contribution in [2.75, 3.05) is 19.8 Å². The van der Waals surface area contributed by atoms with Gasteiger partial charge in [-0.25, -0.2) is 0 Å². The molecule has 0 bridgehead atoms. The van der Waals surface area contributed by atoms with E-state index in [4.69, 9.17) is 42.6 Å². The van der Waals surface area contributed by atoms with Crippen molar-refractivity contribution in [1.29, 1.82) is 0 Å². The van der Waals surface area contributed by atoms with Crippen molar-refractivity contribution in [3.05, 3.63) is 0 Å². The summed E-state index contributed by atoms with van der Waals surface area (Å²) >= 11 is 0. The maximum atomic E-state index is 13.6. The zero-order chi connectivity index (χ0) is 44.8. The molecule has 0 amide bonds. The molecule has 2 N–H and O–H groups in total. The number of hydrogen-bond acceptors (Lipinski definition) is 17.